The first-order chi connectivity index (χ1) is 11.1. The number of aromatic nitrogens is 2. The summed E-state index contributed by atoms with van der Waals surface area (Å²) >= 11 is 6.12. The Labute approximate surface area is 138 Å². The van der Waals surface area contributed by atoms with Crippen LogP contribution in [0, 0.1) is 6.92 Å². The van der Waals surface area contributed by atoms with Crippen molar-refractivity contribution in [1.29, 1.82) is 0 Å². The fourth-order valence-electron chi connectivity index (χ4n) is 2.28. The molecule has 2 N–H and O–H groups in total. The normalized spacial score (nSPS) is 10.7. The van der Waals surface area contributed by atoms with Crippen molar-refractivity contribution in [3.63, 3.8) is 0 Å². The third-order valence-electron chi connectivity index (χ3n) is 3.51. The molecule has 0 aliphatic rings. The number of H-pyrrole nitrogens is 1. The second kappa shape index (κ2) is 6.30. The van der Waals surface area contributed by atoms with Gasteiger partial charge in [0.2, 0.25) is 5.95 Å². The monoisotopic (exact) mass is 329 g/mol. The number of aromatic amines is 1. The molecule has 0 radical (unpaired) electrons. The van der Waals surface area contributed by atoms with Crippen molar-refractivity contribution in [1.82, 2.24) is 9.97 Å². The Morgan fingerprint density at radius 1 is 1.35 bits per heavy atom. The first-order valence-electron chi connectivity index (χ1n) is 7.27. The highest BCUT2D eigenvalue weighted by Crippen LogP contribution is 2.26. The minimum absolute atomic E-state index is 0.343. The fraction of sp³-hybridized carbons (Fsp3) is 0.176. The third kappa shape index (κ3) is 3.14. The van der Waals surface area contributed by atoms with E-state index in [-0.39, 0.29) is 5.97 Å². The number of fused-ring (bicyclic) bond motifs is 1. The summed E-state index contributed by atoms with van der Waals surface area (Å²) in [4.78, 5) is 19.4. The molecular formula is C17H16ClN3O2. The molecule has 0 saturated heterocycles. The van der Waals surface area contributed by atoms with Crippen molar-refractivity contribution in [3.05, 3.63) is 52.5 Å². The largest absolute Gasteiger partial charge is 0.462 e. The van der Waals surface area contributed by atoms with Crippen LogP contribution in [0.4, 0.5) is 11.6 Å². The van der Waals surface area contributed by atoms with Gasteiger partial charge in [-0.05, 0) is 49.7 Å². The lowest BCUT2D eigenvalue weighted by molar-refractivity contribution is 0.0526. The van der Waals surface area contributed by atoms with Crippen molar-refractivity contribution in [2.24, 2.45) is 0 Å². The summed E-state index contributed by atoms with van der Waals surface area (Å²) in [5.74, 6) is 0.246. The Hall–Kier alpha value is -2.53. The molecule has 118 valence electrons. The van der Waals surface area contributed by atoms with E-state index in [0.717, 1.165) is 22.3 Å². The number of hydrogen-bond acceptors (Lipinski definition) is 4. The number of nitrogens with one attached hydrogen (secondary N) is 2. The molecule has 0 atom stereocenters. The SMILES string of the molecule is CCOC(=O)c1ccc2nc(Nc3cccc(Cl)c3C)[nH]c2c1. The van der Waals surface area contributed by atoms with Crippen molar-refractivity contribution in [2.45, 2.75) is 13.8 Å². The number of imidazole rings is 1. The Morgan fingerprint density at radius 2 is 2.17 bits per heavy atom. The summed E-state index contributed by atoms with van der Waals surface area (Å²) in [5, 5.41) is 3.90. The second-order valence-corrected chi connectivity index (χ2v) is 5.48. The highest BCUT2D eigenvalue weighted by Gasteiger charge is 2.10. The Bertz CT molecular complexity index is 873. The van der Waals surface area contributed by atoms with Crippen LogP contribution in [0.25, 0.3) is 11.0 Å². The number of rotatable bonds is 4. The molecule has 0 spiro atoms. The molecule has 0 bridgehead atoms. The summed E-state index contributed by atoms with van der Waals surface area (Å²) < 4.78 is 5.00. The quantitative estimate of drug-likeness (QED) is 0.694. The van der Waals surface area contributed by atoms with Gasteiger partial charge in [0.1, 0.15) is 0 Å². The van der Waals surface area contributed by atoms with Crippen LogP contribution in [0.2, 0.25) is 5.02 Å². The van der Waals surface area contributed by atoms with Gasteiger partial charge < -0.3 is 15.0 Å². The zero-order chi connectivity index (χ0) is 16.4. The number of hydrogen-bond donors (Lipinski definition) is 2. The molecule has 0 fully saturated rings. The van der Waals surface area contributed by atoms with E-state index in [0.29, 0.717) is 23.1 Å². The number of carbonyl (C=O) groups excluding carboxylic acids is 1. The van der Waals surface area contributed by atoms with Gasteiger partial charge in [-0.1, -0.05) is 17.7 Å². The van der Waals surface area contributed by atoms with E-state index in [9.17, 15) is 4.79 Å². The Morgan fingerprint density at radius 3 is 2.96 bits per heavy atom. The maximum Gasteiger partial charge on any atom is 0.338 e. The molecule has 0 saturated carbocycles. The molecule has 0 aliphatic heterocycles. The van der Waals surface area contributed by atoms with E-state index >= 15 is 0 Å². The zero-order valence-corrected chi connectivity index (χ0v) is 13.6. The third-order valence-corrected chi connectivity index (χ3v) is 3.92. The summed E-state index contributed by atoms with van der Waals surface area (Å²) in [6.07, 6.45) is 0. The molecule has 0 unspecified atom stereocenters. The van der Waals surface area contributed by atoms with Crippen LogP contribution in [0.3, 0.4) is 0 Å². The van der Waals surface area contributed by atoms with Gasteiger partial charge in [0, 0.05) is 10.7 Å². The van der Waals surface area contributed by atoms with E-state index in [1.54, 1.807) is 25.1 Å². The Balaban J connectivity index is 1.91. The van der Waals surface area contributed by atoms with Crippen LogP contribution in [-0.4, -0.2) is 22.5 Å². The number of nitrogens with zero attached hydrogens (tertiary/aromatic N) is 1. The van der Waals surface area contributed by atoms with E-state index in [2.05, 4.69) is 15.3 Å². The van der Waals surface area contributed by atoms with E-state index in [4.69, 9.17) is 16.3 Å². The summed E-state index contributed by atoms with van der Waals surface area (Å²) in [5.41, 5.74) is 3.84. The highest BCUT2D eigenvalue weighted by atomic mass is 35.5. The van der Waals surface area contributed by atoms with Crippen LogP contribution < -0.4 is 5.32 Å². The lowest BCUT2D eigenvalue weighted by atomic mass is 10.2. The molecule has 6 heteroatoms. The van der Waals surface area contributed by atoms with Crippen LogP contribution in [0.1, 0.15) is 22.8 Å². The predicted octanol–water partition coefficient (Wildman–Crippen LogP) is 4.45. The number of halogens is 1. The van der Waals surface area contributed by atoms with Gasteiger partial charge in [0.05, 0.1) is 23.2 Å². The average molecular weight is 330 g/mol. The molecule has 2 aromatic carbocycles. The first-order valence-corrected chi connectivity index (χ1v) is 7.65. The number of ether oxygens (including phenoxy) is 1. The molecule has 1 aromatic heterocycles. The molecule has 3 rings (SSSR count). The molecular weight excluding hydrogens is 314 g/mol. The van der Waals surface area contributed by atoms with E-state index < -0.39 is 0 Å². The molecule has 23 heavy (non-hydrogen) atoms. The summed E-state index contributed by atoms with van der Waals surface area (Å²) in [6.45, 7) is 4.06. The van der Waals surface area contributed by atoms with Crippen LogP contribution in [-0.2, 0) is 4.74 Å². The van der Waals surface area contributed by atoms with Gasteiger partial charge in [0.15, 0.2) is 0 Å². The molecule has 1 heterocycles. The van der Waals surface area contributed by atoms with Crippen molar-refractivity contribution in [3.8, 4) is 0 Å². The standard InChI is InChI=1S/C17H16ClN3O2/c1-3-23-16(22)11-7-8-14-15(9-11)21-17(20-14)19-13-6-4-5-12(18)10(13)2/h4-9H,3H2,1-2H3,(H2,19,20,21). The molecule has 5 nitrogen and oxygen atoms in total. The smallest absolute Gasteiger partial charge is 0.338 e. The lowest BCUT2D eigenvalue weighted by Gasteiger charge is -2.07. The van der Waals surface area contributed by atoms with Crippen LogP contribution >= 0.6 is 11.6 Å². The minimum atomic E-state index is -0.343. The lowest BCUT2D eigenvalue weighted by Crippen LogP contribution is -2.04. The maximum absolute atomic E-state index is 11.8. The number of esters is 1. The van der Waals surface area contributed by atoms with Crippen molar-refractivity contribution < 1.29 is 9.53 Å². The van der Waals surface area contributed by atoms with E-state index in [1.807, 2.05) is 25.1 Å². The predicted molar refractivity (Wildman–Crippen MR) is 91.5 cm³/mol. The van der Waals surface area contributed by atoms with Gasteiger partial charge >= 0.3 is 5.97 Å². The van der Waals surface area contributed by atoms with Gasteiger partial charge in [0.25, 0.3) is 0 Å². The van der Waals surface area contributed by atoms with Gasteiger partial charge in [-0.3, -0.25) is 0 Å². The summed E-state index contributed by atoms with van der Waals surface area (Å²) in [7, 11) is 0. The van der Waals surface area contributed by atoms with Gasteiger partial charge in [-0.15, -0.1) is 0 Å². The van der Waals surface area contributed by atoms with Crippen molar-refractivity contribution in [2.75, 3.05) is 11.9 Å². The number of carbonyl (C=O) groups is 1. The molecule has 0 amide bonds. The highest BCUT2D eigenvalue weighted by molar-refractivity contribution is 6.31. The van der Waals surface area contributed by atoms with Crippen molar-refractivity contribution >= 4 is 40.2 Å². The minimum Gasteiger partial charge on any atom is -0.462 e. The topological polar surface area (TPSA) is 67.0 Å². The fourth-order valence-corrected chi connectivity index (χ4v) is 2.46. The van der Waals surface area contributed by atoms with Crippen LogP contribution in [0.5, 0.6) is 0 Å². The zero-order valence-electron chi connectivity index (χ0n) is 12.8. The number of benzene rings is 2. The van der Waals surface area contributed by atoms with Crippen LogP contribution in [0.15, 0.2) is 36.4 Å². The average Bonchev–Trinajstić information content (AvgIpc) is 2.93. The summed E-state index contributed by atoms with van der Waals surface area (Å²) in [6, 6.07) is 10.9. The van der Waals surface area contributed by atoms with Gasteiger partial charge in [-0.25, -0.2) is 9.78 Å². The molecule has 0 aliphatic carbocycles. The van der Waals surface area contributed by atoms with E-state index in [1.165, 1.54) is 0 Å². The molecule has 3 aromatic rings. The van der Waals surface area contributed by atoms with Gasteiger partial charge in [-0.2, -0.15) is 0 Å². The Kier molecular flexibility index (Phi) is 4.21. The maximum atomic E-state index is 11.8. The first kappa shape index (κ1) is 15.4. The second-order valence-electron chi connectivity index (χ2n) is 5.08. The number of anilines is 2.